The molecule has 0 radical (unpaired) electrons. The number of anilines is 3. The fourth-order valence-corrected chi connectivity index (χ4v) is 11.9. The van der Waals surface area contributed by atoms with Gasteiger partial charge in [0.15, 0.2) is 0 Å². The quantitative estimate of drug-likeness (QED) is 0.118. The minimum absolute atomic E-state index is 0.639. The summed E-state index contributed by atoms with van der Waals surface area (Å²) in [6.07, 6.45) is 7.68. The second kappa shape index (κ2) is 17.5. The van der Waals surface area contributed by atoms with Crippen LogP contribution < -0.4 is 4.90 Å². The first-order chi connectivity index (χ1) is 35.0. The third-order valence-electron chi connectivity index (χ3n) is 15.1. The van der Waals surface area contributed by atoms with Gasteiger partial charge < -0.3 is 4.90 Å². The Balaban J connectivity index is 1.18. The van der Waals surface area contributed by atoms with Crippen molar-refractivity contribution in [1.29, 1.82) is 0 Å². The summed E-state index contributed by atoms with van der Waals surface area (Å²) in [6, 6.07) is 87.7. The SMILES string of the molecule is C=Cc1ccc(C2(c3ccc(C=C)cc3)c3ccccc3-c3c(N(c4ccc(-c5ccccc5)cc4)c4cccc5c4-c4ccccc4C5(c4ccc(C=C)cc4)c4ccc(C=C)cc4)cccc32)cc1. The Kier molecular flexibility index (Phi) is 10.7. The molecule has 0 aromatic heterocycles. The Bertz CT molecular complexity index is 3360. The first-order valence-electron chi connectivity index (χ1n) is 24.4. The van der Waals surface area contributed by atoms with E-state index < -0.39 is 10.8 Å². The third kappa shape index (κ3) is 6.62. The molecule has 1 heteroatoms. The van der Waals surface area contributed by atoms with E-state index in [0.29, 0.717) is 0 Å². The molecule has 10 aromatic carbocycles. The molecule has 2 aliphatic carbocycles. The van der Waals surface area contributed by atoms with Crippen LogP contribution >= 0.6 is 0 Å². The van der Waals surface area contributed by atoms with Crippen molar-refractivity contribution in [2.45, 2.75) is 10.8 Å². The van der Waals surface area contributed by atoms with E-state index in [1.807, 2.05) is 24.3 Å². The van der Waals surface area contributed by atoms with E-state index in [0.717, 1.165) is 44.9 Å². The lowest BCUT2D eigenvalue weighted by Gasteiger charge is -2.35. The molecule has 0 saturated carbocycles. The molecule has 2 aliphatic rings. The summed E-state index contributed by atoms with van der Waals surface area (Å²) in [5, 5.41) is 0. The molecule has 0 fully saturated rings. The Hall–Kier alpha value is -9.04. The van der Waals surface area contributed by atoms with E-state index in [-0.39, 0.29) is 0 Å². The lowest BCUT2D eigenvalue weighted by atomic mass is 9.67. The minimum atomic E-state index is -0.639. The largest absolute Gasteiger partial charge is 0.309 e. The second-order valence-electron chi connectivity index (χ2n) is 18.5. The maximum Gasteiger partial charge on any atom is 0.0714 e. The van der Waals surface area contributed by atoms with Crippen molar-refractivity contribution < 1.29 is 0 Å². The van der Waals surface area contributed by atoms with Crippen LogP contribution in [0.5, 0.6) is 0 Å². The predicted octanol–water partition coefficient (Wildman–Crippen LogP) is 18.1. The van der Waals surface area contributed by atoms with E-state index in [4.69, 9.17) is 0 Å². The van der Waals surface area contributed by atoms with Gasteiger partial charge in [0.05, 0.1) is 22.2 Å². The van der Waals surface area contributed by atoms with Crippen molar-refractivity contribution in [3.05, 3.63) is 330 Å². The Morgan fingerprint density at radius 2 is 0.606 bits per heavy atom. The highest BCUT2D eigenvalue weighted by atomic mass is 15.1. The third-order valence-corrected chi connectivity index (χ3v) is 15.1. The van der Waals surface area contributed by atoms with Gasteiger partial charge in [0.2, 0.25) is 0 Å². The molecule has 71 heavy (non-hydrogen) atoms. The van der Waals surface area contributed by atoms with Crippen molar-refractivity contribution in [1.82, 2.24) is 0 Å². The highest BCUT2D eigenvalue weighted by Gasteiger charge is 2.50. The maximum absolute atomic E-state index is 4.11. The molecular weight excluding hydrogens is 855 g/mol. The van der Waals surface area contributed by atoms with Crippen molar-refractivity contribution in [3.8, 4) is 33.4 Å². The van der Waals surface area contributed by atoms with Gasteiger partial charge in [-0.25, -0.2) is 0 Å². The van der Waals surface area contributed by atoms with Crippen LogP contribution in [-0.4, -0.2) is 0 Å². The molecule has 10 aromatic rings. The van der Waals surface area contributed by atoms with Crippen molar-refractivity contribution in [2.24, 2.45) is 0 Å². The van der Waals surface area contributed by atoms with Gasteiger partial charge in [-0.3, -0.25) is 0 Å². The molecule has 0 bridgehead atoms. The highest BCUT2D eigenvalue weighted by molar-refractivity contribution is 6.02. The van der Waals surface area contributed by atoms with Crippen LogP contribution in [0.3, 0.4) is 0 Å². The molecule has 336 valence electrons. The van der Waals surface area contributed by atoms with Crippen molar-refractivity contribution in [3.63, 3.8) is 0 Å². The first kappa shape index (κ1) is 43.3. The second-order valence-corrected chi connectivity index (χ2v) is 18.5. The number of rotatable bonds is 12. The monoisotopic (exact) mass is 905 g/mol. The average Bonchev–Trinajstić information content (AvgIpc) is 3.93. The molecule has 0 N–H and O–H groups in total. The van der Waals surface area contributed by atoms with Crippen LogP contribution in [0.1, 0.15) is 66.8 Å². The smallest absolute Gasteiger partial charge is 0.0714 e. The number of nitrogens with zero attached hydrogens (tertiary/aromatic N) is 1. The normalized spacial score (nSPS) is 13.2. The summed E-state index contributed by atoms with van der Waals surface area (Å²) >= 11 is 0. The van der Waals surface area contributed by atoms with Crippen LogP contribution in [0.15, 0.2) is 263 Å². The molecule has 0 unspecified atom stereocenters. The predicted molar refractivity (Wildman–Crippen MR) is 302 cm³/mol. The van der Waals surface area contributed by atoms with Gasteiger partial charge in [0, 0.05) is 16.8 Å². The minimum Gasteiger partial charge on any atom is -0.309 e. The van der Waals surface area contributed by atoms with Crippen molar-refractivity contribution in [2.75, 3.05) is 4.90 Å². The lowest BCUT2D eigenvalue weighted by molar-refractivity contribution is 0.768. The summed E-state index contributed by atoms with van der Waals surface area (Å²) in [4.78, 5) is 2.54. The first-order valence-corrected chi connectivity index (χ1v) is 24.4. The van der Waals surface area contributed by atoms with Crippen molar-refractivity contribution >= 4 is 41.4 Å². The van der Waals surface area contributed by atoms with E-state index >= 15 is 0 Å². The molecule has 0 aliphatic heterocycles. The Morgan fingerprint density at radius 3 is 0.972 bits per heavy atom. The molecule has 0 atom stereocenters. The van der Waals surface area contributed by atoms with Gasteiger partial charge >= 0.3 is 0 Å². The van der Waals surface area contributed by atoms with Gasteiger partial charge in [-0.1, -0.05) is 263 Å². The number of hydrogen-bond donors (Lipinski definition) is 0. The van der Waals surface area contributed by atoms with Crippen LogP contribution in [0, 0.1) is 0 Å². The molecule has 12 rings (SSSR count). The van der Waals surface area contributed by atoms with Gasteiger partial charge in [-0.15, -0.1) is 0 Å². The molecular formula is C70H51N. The fraction of sp³-hybridized carbons (Fsp3) is 0.0286. The van der Waals surface area contributed by atoms with E-state index in [1.54, 1.807) is 0 Å². The zero-order valence-electron chi connectivity index (χ0n) is 39.6. The van der Waals surface area contributed by atoms with Crippen LogP contribution in [0.4, 0.5) is 17.1 Å². The number of benzene rings is 10. The summed E-state index contributed by atoms with van der Waals surface area (Å²) in [5.41, 5.74) is 23.2. The van der Waals surface area contributed by atoms with E-state index in [1.165, 1.54) is 72.3 Å². The molecule has 1 nitrogen and oxygen atoms in total. The van der Waals surface area contributed by atoms with Crippen LogP contribution in [0.25, 0.3) is 57.7 Å². The molecule has 0 heterocycles. The molecule has 0 saturated heterocycles. The Labute approximate surface area is 418 Å². The van der Waals surface area contributed by atoms with Gasteiger partial charge in [-0.05, 0) is 113 Å². The van der Waals surface area contributed by atoms with Gasteiger partial charge in [-0.2, -0.15) is 0 Å². The summed E-state index contributed by atoms with van der Waals surface area (Å²) in [5.74, 6) is 0. The summed E-state index contributed by atoms with van der Waals surface area (Å²) in [6.45, 7) is 16.4. The summed E-state index contributed by atoms with van der Waals surface area (Å²) in [7, 11) is 0. The standard InChI is InChI=1S/C70H51N/c1-5-48-28-38-54(39-29-48)69(55-40-30-49(6-2)31-41-55)61-22-14-12-20-59(61)67-63(69)24-16-26-65(67)71(58-46-36-53(37-47-58)52-18-10-9-11-19-52)66-27-17-25-64-68(66)60-21-13-15-23-62(60)70(64,56-42-32-50(7-3)33-43-56)57-44-34-51(8-4)35-45-57/h5-47H,1-4H2. The topological polar surface area (TPSA) is 3.24 Å². The average molecular weight is 906 g/mol. The molecule has 0 amide bonds. The lowest BCUT2D eigenvalue weighted by Crippen LogP contribution is -2.29. The molecule has 0 spiro atoms. The van der Waals surface area contributed by atoms with E-state index in [2.05, 4.69) is 268 Å². The van der Waals surface area contributed by atoms with E-state index in [9.17, 15) is 0 Å². The highest BCUT2D eigenvalue weighted by Crippen LogP contribution is 2.63. The fourth-order valence-electron chi connectivity index (χ4n) is 11.9. The van der Waals surface area contributed by atoms with Crippen LogP contribution in [-0.2, 0) is 10.8 Å². The van der Waals surface area contributed by atoms with Crippen LogP contribution in [0.2, 0.25) is 0 Å². The summed E-state index contributed by atoms with van der Waals surface area (Å²) < 4.78 is 0. The Morgan fingerprint density at radius 1 is 0.282 bits per heavy atom. The van der Waals surface area contributed by atoms with Gasteiger partial charge in [0.1, 0.15) is 0 Å². The maximum atomic E-state index is 4.11. The number of hydrogen-bond acceptors (Lipinski definition) is 1. The zero-order valence-corrected chi connectivity index (χ0v) is 39.6. The zero-order chi connectivity index (χ0) is 48.1. The van der Waals surface area contributed by atoms with Gasteiger partial charge in [0.25, 0.3) is 0 Å². The number of fused-ring (bicyclic) bond motifs is 6.